The molecule has 2 aliphatic rings. The number of aliphatic hydroxyl groups excluding tert-OH is 1. The number of unbranched alkanes of at least 4 members (excludes halogenated alkanes) is 2. The Kier molecular flexibility index (Phi) is 9.19. The van der Waals surface area contributed by atoms with E-state index in [0.717, 1.165) is 37.9 Å². The van der Waals surface area contributed by atoms with Crippen LogP contribution < -0.4 is 9.47 Å². The molecule has 8 nitrogen and oxygen atoms in total. The van der Waals surface area contributed by atoms with E-state index in [1.165, 1.54) is 0 Å². The second kappa shape index (κ2) is 12.7. The van der Waals surface area contributed by atoms with Crippen LogP contribution in [0.25, 0.3) is 5.76 Å². The smallest absolute Gasteiger partial charge is 0.295 e. The number of amides is 1. The summed E-state index contributed by atoms with van der Waals surface area (Å²) in [5.74, 6) is -0.185. The molecule has 1 atom stereocenters. The summed E-state index contributed by atoms with van der Waals surface area (Å²) in [6.45, 7) is 6.57. The lowest BCUT2D eigenvalue weighted by molar-refractivity contribution is -0.140. The first kappa shape index (κ1) is 26.7. The van der Waals surface area contributed by atoms with Gasteiger partial charge in [0.1, 0.15) is 17.3 Å². The second-order valence-electron chi connectivity index (χ2n) is 9.30. The van der Waals surface area contributed by atoms with Gasteiger partial charge in [-0.2, -0.15) is 0 Å². The van der Waals surface area contributed by atoms with E-state index in [-0.39, 0.29) is 11.3 Å². The Morgan fingerprint density at radius 1 is 1.03 bits per heavy atom. The quantitative estimate of drug-likeness (QED) is 0.212. The van der Waals surface area contributed by atoms with E-state index in [2.05, 4.69) is 11.8 Å². The Hall–Kier alpha value is -3.36. The Morgan fingerprint density at radius 3 is 2.49 bits per heavy atom. The molecule has 0 aliphatic carbocycles. The highest BCUT2D eigenvalue weighted by Crippen LogP contribution is 2.40. The van der Waals surface area contributed by atoms with Crippen LogP contribution in [0.1, 0.15) is 43.4 Å². The molecule has 8 heteroatoms. The van der Waals surface area contributed by atoms with E-state index in [0.29, 0.717) is 50.0 Å². The van der Waals surface area contributed by atoms with Crippen LogP contribution in [-0.4, -0.2) is 79.7 Å². The topological polar surface area (TPSA) is 88.5 Å². The van der Waals surface area contributed by atoms with Gasteiger partial charge in [-0.3, -0.25) is 14.5 Å². The summed E-state index contributed by atoms with van der Waals surface area (Å²) in [6.07, 6.45) is 3.14. The molecule has 0 aromatic heterocycles. The zero-order valence-electron chi connectivity index (χ0n) is 21.7. The molecule has 198 valence electrons. The third kappa shape index (κ3) is 6.32. The highest BCUT2D eigenvalue weighted by Gasteiger charge is 2.46. The van der Waals surface area contributed by atoms with Crippen molar-refractivity contribution in [2.24, 2.45) is 0 Å². The van der Waals surface area contributed by atoms with Gasteiger partial charge in [0.2, 0.25) is 0 Å². The molecule has 2 heterocycles. The molecule has 2 fully saturated rings. The fourth-order valence-electron chi connectivity index (χ4n) is 4.75. The number of hydrogen-bond acceptors (Lipinski definition) is 7. The van der Waals surface area contributed by atoms with E-state index in [1.807, 2.05) is 24.3 Å². The first-order valence-electron chi connectivity index (χ1n) is 13.0. The highest BCUT2D eigenvalue weighted by atomic mass is 16.5. The van der Waals surface area contributed by atoms with Crippen LogP contribution in [-0.2, 0) is 14.3 Å². The molecule has 1 amide bonds. The standard InChI is InChI=1S/C29H36N2O6/c1-3-4-5-17-37-24-8-6-7-22(20-24)26-25(27(32)21-9-11-23(35-2)12-10-21)28(33)29(34)31(26)14-13-30-15-18-36-19-16-30/h6-12,20,26,32H,3-5,13-19H2,1-2H3. The minimum Gasteiger partial charge on any atom is -0.507 e. The predicted octanol–water partition coefficient (Wildman–Crippen LogP) is 4.02. The third-order valence-corrected chi connectivity index (χ3v) is 6.85. The lowest BCUT2D eigenvalue weighted by Crippen LogP contribution is -2.42. The summed E-state index contributed by atoms with van der Waals surface area (Å²) in [6, 6.07) is 13.5. The Balaban J connectivity index is 1.68. The van der Waals surface area contributed by atoms with Crippen LogP contribution in [0, 0.1) is 0 Å². The summed E-state index contributed by atoms with van der Waals surface area (Å²) < 4.78 is 16.6. The molecule has 0 spiro atoms. The molecule has 4 rings (SSSR count). The van der Waals surface area contributed by atoms with Crippen molar-refractivity contribution < 1.29 is 28.9 Å². The summed E-state index contributed by atoms with van der Waals surface area (Å²) >= 11 is 0. The summed E-state index contributed by atoms with van der Waals surface area (Å²) in [7, 11) is 1.56. The number of carbonyl (C=O) groups is 2. The van der Waals surface area contributed by atoms with E-state index in [9.17, 15) is 14.7 Å². The van der Waals surface area contributed by atoms with Crippen molar-refractivity contribution in [3.05, 3.63) is 65.2 Å². The average molecular weight is 509 g/mol. The number of ether oxygens (including phenoxy) is 3. The molecule has 2 aromatic rings. The number of nitrogens with zero attached hydrogens (tertiary/aromatic N) is 2. The summed E-state index contributed by atoms with van der Waals surface area (Å²) in [5.41, 5.74) is 1.26. The number of benzene rings is 2. The van der Waals surface area contributed by atoms with Crippen molar-refractivity contribution in [3.63, 3.8) is 0 Å². The number of ketones is 1. The molecule has 2 saturated heterocycles. The number of carbonyl (C=O) groups excluding carboxylic acids is 2. The van der Waals surface area contributed by atoms with Gasteiger partial charge in [0.25, 0.3) is 11.7 Å². The van der Waals surface area contributed by atoms with Gasteiger partial charge in [-0.05, 0) is 48.4 Å². The van der Waals surface area contributed by atoms with Crippen LogP contribution in [0.3, 0.4) is 0 Å². The fraction of sp³-hybridized carbons (Fsp3) is 0.448. The zero-order valence-corrected chi connectivity index (χ0v) is 21.7. The van der Waals surface area contributed by atoms with Crippen molar-refractivity contribution in [2.75, 3.05) is 53.1 Å². The van der Waals surface area contributed by atoms with Gasteiger partial charge < -0.3 is 24.2 Å². The molecule has 0 saturated carbocycles. The van der Waals surface area contributed by atoms with E-state index >= 15 is 0 Å². The average Bonchev–Trinajstić information content (AvgIpc) is 3.19. The number of Topliss-reactive ketones (excluding diaryl/α,β-unsaturated/α-hetero) is 1. The van der Waals surface area contributed by atoms with Crippen molar-refractivity contribution in [1.29, 1.82) is 0 Å². The lowest BCUT2D eigenvalue weighted by atomic mass is 9.95. The van der Waals surface area contributed by atoms with Crippen LogP contribution in [0.15, 0.2) is 54.1 Å². The van der Waals surface area contributed by atoms with Crippen molar-refractivity contribution in [3.8, 4) is 11.5 Å². The van der Waals surface area contributed by atoms with Gasteiger partial charge in [0, 0.05) is 31.7 Å². The molecule has 2 aromatic carbocycles. The van der Waals surface area contributed by atoms with E-state index in [4.69, 9.17) is 14.2 Å². The van der Waals surface area contributed by atoms with E-state index < -0.39 is 17.7 Å². The van der Waals surface area contributed by atoms with Crippen molar-refractivity contribution >= 4 is 17.4 Å². The Morgan fingerprint density at radius 2 is 1.78 bits per heavy atom. The highest BCUT2D eigenvalue weighted by molar-refractivity contribution is 6.46. The Bertz CT molecular complexity index is 1110. The SMILES string of the molecule is CCCCCOc1cccc(C2C(=C(O)c3ccc(OC)cc3)C(=O)C(=O)N2CCN2CCOCC2)c1. The monoisotopic (exact) mass is 508 g/mol. The number of methoxy groups -OCH3 is 1. The second-order valence-corrected chi connectivity index (χ2v) is 9.30. The first-order chi connectivity index (χ1) is 18.0. The molecular formula is C29H36N2O6. The maximum Gasteiger partial charge on any atom is 0.295 e. The number of aliphatic hydroxyl groups is 1. The maximum absolute atomic E-state index is 13.3. The van der Waals surface area contributed by atoms with Crippen LogP contribution in [0.5, 0.6) is 11.5 Å². The van der Waals surface area contributed by atoms with Crippen LogP contribution >= 0.6 is 0 Å². The number of rotatable bonds is 11. The number of morpholine rings is 1. The van der Waals surface area contributed by atoms with Gasteiger partial charge in [-0.15, -0.1) is 0 Å². The van der Waals surface area contributed by atoms with Crippen molar-refractivity contribution in [1.82, 2.24) is 9.80 Å². The van der Waals surface area contributed by atoms with Gasteiger partial charge in [-0.25, -0.2) is 0 Å². The van der Waals surface area contributed by atoms with Gasteiger partial charge >= 0.3 is 0 Å². The molecular weight excluding hydrogens is 472 g/mol. The van der Waals surface area contributed by atoms with Gasteiger partial charge in [-0.1, -0.05) is 31.9 Å². The minimum absolute atomic E-state index is 0.0836. The largest absolute Gasteiger partial charge is 0.507 e. The molecule has 1 unspecified atom stereocenters. The molecule has 0 radical (unpaired) electrons. The zero-order chi connectivity index (χ0) is 26.2. The molecule has 1 N–H and O–H groups in total. The van der Waals surface area contributed by atoms with Gasteiger partial charge in [0.05, 0.1) is 38.5 Å². The number of hydrogen-bond donors (Lipinski definition) is 1. The molecule has 37 heavy (non-hydrogen) atoms. The predicted molar refractivity (Wildman–Crippen MR) is 141 cm³/mol. The first-order valence-corrected chi connectivity index (χ1v) is 13.0. The number of likely N-dealkylation sites (tertiary alicyclic amines) is 1. The molecule has 2 aliphatic heterocycles. The van der Waals surface area contributed by atoms with E-state index in [1.54, 1.807) is 36.3 Å². The fourth-order valence-corrected chi connectivity index (χ4v) is 4.75. The van der Waals surface area contributed by atoms with Crippen LogP contribution in [0.4, 0.5) is 0 Å². The normalized spacial score (nSPS) is 19.8. The summed E-state index contributed by atoms with van der Waals surface area (Å²) in [5, 5.41) is 11.3. The molecule has 0 bridgehead atoms. The minimum atomic E-state index is -0.720. The lowest BCUT2D eigenvalue weighted by Gasteiger charge is -2.31. The summed E-state index contributed by atoms with van der Waals surface area (Å²) in [4.78, 5) is 30.4. The maximum atomic E-state index is 13.3. The third-order valence-electron chi connectivity index (χ3n) is 6.85. The van der Waals surface area contributed by atoms with Gasteiger partial charge in [0.15, 0.2) is 0 Å². The van der Waals surface area contributed by atoms with Crippen molar-refractivity contribution in [2.45, 2.75) is 32.2 Å². The van der Waals surface area contributed by atoms with Crippen LogP contribution in [0.2, 0.25) is 0 Å². The Labute approximate surface area is 218 Å².